The average Bonchev–Trinajstić information content (AvgIpc) is 2.15. The lowest BCUT2D eigenvalue weighted by molar-refractivity contribution is 0.599. The van der Waals surface area contributed by atoms with Gasteiger partial charge in [-0.2, -0.15) is 9.93 Å². The second kappa shape index (κ2) is 5.57. The maximum absolute atomic E-state index is 10.2. The molecule has 0 bridgehead atoms. The number of rotatable bonds is 4. The Kier molecular flexibility index (Phi) is 4.66. The molecule has 2 nitrogen and oxygen atoms in total. The van der Waals surface area contributed by atoms with E-state index in [9.17, 15) is 4.57 Å². The molecule has 1 radical (unpaired) electrons. The molecule has 67 valence electrons. The Labute approximate surface area is 81.1 Å². The third kappa shape index (κ3) is 3.13. The number of pyridine rings is 1. The highest BCUT2D eigenvalue weighted by molar-refractivity contribution is 8.78. The number of thiol groups is 2. The van der Waals surface area contributed by atoms with Crippen LogP contribution in [0.15, 0.2) is 29.4 Å². The Morgan fingerprint density at radius 2 is 2.42 bits per heavy atom. The summed E-state index contributed by atoms with van der Waals surface area (Å²) in [6.07, 6.45) is 2.49. The van der Waals surface area contributed by atoms with E-state index < -0.39 is 9.93 Å². The lowest BCUT2D eigenvalue weighted by atomic mass is 10.5. The van der Waals surface area contributed by atoms with Crippen molar-refractivity contribution in [2.75, 3.05) is 11.9 Å². The van der Waals surface area contributed by atoms with Crippen molar-refractivity contribution in [3.63, 3.8) is 0 Å². The number of hydrogen-bond donors (Lipinski definition) is 2. The first-order valence-electron chi connectivity index (χ1n) is 3.57. The molecule has 1 aromatic rings. The summed E-state index contributed by atoms with van der Waals surface area (Å²) in [5.74, 6) is 0.886. The van der Waals surface area contributed by atoms with E-state index in [0.29, 0.717) is 0 Å². The highest BCUT2D eigenvalue weighted by Gasteiger charge is 2.00. The lowest BCUT2D eigenvalue weighted by Crippen LogP contribution is -1.87. The van der Waals surface area contributed by atoms with Crippen LogP contribution in [-0.4, -0.2) is 16.9 Å². The number of hydrogen-bond acceptors (Lipinski definition) is 3. The van der Waals surface area contributed by atoms with Crippen LogP contribution in [0.25, 0.3) is 0 Å². The fourth-order valence-electron chi connectivity index (χ4n) is 0.773. The van der Waals surface area contributed by atoms with Crippen molar-refractivity contribution in [3.8, 4) is 0 Å². The molecule has 0 aromatic carbocycles. The molecule has 0 spiro atoms. The van der Waals surface area contributed by atoms with E-state index in [4.69, 9.17) is 0 Å². The summed E-state index contributed by atoms with van der Waals surface area (Å²) in [6, 6.07) is 5.80. The average molecular weight is 220 g/mol. The van der Waals surface area contributed by atoms with Crippen LogP contribution in [0.1, 0.15) is 0 Å². The van der Waals surface area contributed by atoms with Gasteiger partial charge in [0.25, 0.3) is 0 Å². The van der Waals surface area contributed by atoms with Gasteiger partial charge in [-0.15, -0.1) is 11.7 Å². The van der Waals surface area contributed by atoms with Gasteiger partial charge in [-0.1, -0.05) is 6.07 Å². The topological polar surface area (TPSA) is 30.0 Å². The van der Waals surface area contributed by atoms with Crippen molar-refractivity contribution in [1.82, 2.24) is 4.98 Å². The third-order valence-corrected chi connectivity index (χ3v) is 4.87. The van der Waals surface area contributed by atoms with Crippen LogP contribution in [0.3, 0.4) is 0 Å². The molecule has 0 saturated heterocycles. The first kappa shape index (κ1) is 10.0. The van der Waals surface area contributed by atoms with Crippen LogP contribution in [0, 0.1) is 0 Å². The summed E-state index contributed by atoms with van der Waals surface area (Å²) < 4.78 is 10.2. The first-order chi connectivity index (χ1) is 5.84. The molecule has 0 amide bonds. The van der Waals surface area contributed by atoms with Crippen molar-refractivity contribution >= 4 is 30.0 Å². The van der Waals surface area contributed by atoms with Crippen LogP contribution in [-0.2, 0) is 4.57 Å². The van der Waals surface area contributed by atoms with Gasteiger partial charge in [-0.25, -0.2) is 0 Å². The SMILES string of the molecule is O=[PH]CC[SH](S)c1ccccn1. The highest BCUT2D eigenvalue weighted by Crippen LogP contribution is 2.38. The zero-order chi connectivity index (χ0) is 8.81. The van der Waals surface area contributed by atoms with E-state index in [2.05, 4.69) is 16.6 Å². The Balaban J connectivity index is 2.53. The molecule has 2 atom stereocenters. The monoisotopic (exact) mass is 220 g/mol. The van der Waals surface area contributed by atoms with Gasteiger partial charge >= 0.3 is 0 Å². The maximum Gasteiger partial charge on any atom is 0.0849 e. The molecular formula is C7H11NOPS2. The second-order valence-electron chi connectivity index (χ2n) is 2.21. The maximum atomic E-state index is 10.2. The Morgan fingerprint density at radius 1 is 1.58 bits per heavy atom. The molecule has 5 heteroatoms. The smallest absolute Gasteiger partial charge is 0.0849 e. The zero-order valence-electron chi connectivity index (χ0n) is 6.47. The summed E-state index contributed by atoms with van der Waals surface area (Å²) in [7, 11) is -0.706. The van der Waals surface area contributed by atoms with Gasteiger partial charge in [0.05, 0.1) is 13.5 Å². The standard InChI is InChI=1S/C7H11NOPS2/c9-10-5-6-12(11)7-3-1-2-4-8-7/h1-4,10-12H,5-6H2. The van der Waals surface area contributed by atoms with Gasteiger partial charge in [-0.05, 0) is 17.9 Å². The molecular weight excluding hydrogens is 209 g/mol. The Bertz CT molecular complexity index is 244. The normalized spacial score (nSPS) is 14.6. The van der Waals surface area contributed by atoms with Gasteiger partial charge in [0.2, 0.25) is 0 Å². The Morgan fingerprint density at radius 3 is 3.00 bits per heavy atom. The summed E-state index contributed by atoms with van der Waals surface area (Å²) in [4.78, 5) is 4.19. The first-order valence-corrected chi connectivity index (χ1v) is 7.36. The van der Waals surface area contributed by atoms with Crippen molar-refractivity contribution < 1.29 is 4.57 Å². The van der Waals surface area contributed by atoms with Crippen molar-refractivity contribution in [2.45, 2.75) is 5.03 Å². The van der Waals surface area contributed by atoms with Crippen LogP contribution >= 0.6 is 30.0 Å². The zero-order valence-corrected chi connectivity index (χ0v) is 9.26. The summed E-state index contributed by atoms with van der Waals surface area (Å²) in [5.41, 5.74) is 0. The molecule has 1 rings (SSSR count). The molecule has 0 fully saturated rings. The van der Waals surface area contributed by atoms with Gasteiger partial charge < -0.3 is 0 Å². The minimum absolute atomic E-state index is 0.215. The molecule has 1 heterocycles. The molecule has 2 unspecified atom stereocenters. The summed E-state index contributed by atoms with van der Waals surface area (Å²) >= 11 is 4.42. The third-order valence-electron chi connectivity index (χ3n) is 1.34. The van der Waals surface area contributed by atoms with Gasteiger partial charge in [0.15, 0.2) is 0 Å². The fraction of sp³-hybridized carbons (Fsp3) is 0.286. The minimum Gasteiger partial charge on any atom is -0.290 e. The predicted octanol–water partition coefficient (Wildman–Crippen LogP) is 2.31. The summed E-state index contributed by atoms with van der Waals surface area (Å²) in [6.45, 7) is 0. The van der Waals surface area contributed by atoms with Crippen LogP contribution in [0.4, 0.5) is 0 Å². The molecule has 0 aliphatic rings. The quantitative estimate of drug-likeness (QED) is 0.463. The van der Waals surface area contributed by atoms with E-state index in [0.717, 1.165) is 16.9 Å². The number of aromatic nitrogens is 1. The largest absolute Gasteiger partial charge is 0.290 e. The Hall–Kier alpha value is -0.0500. The number of nitrogens with zero attached hydrogens (tertiary/aromatic N) is 1. The lowest BCUT2D eigenvalue weighted by Gasteiger charge is -2.11. The molecule has 12 heavy (non-hydrogen) atoms. The van der Waals surface area contributed by atoms with E-state index in [1.165, 1.54) is 0 Å². The molecule has 0 aliphatic heterocycles. The van der Waals surface area contributed by atoms with Crippen LogP contribution < -0.4 is 0 Å². The van der Waals surface area contributed by atoms with Gasteiger partial charge in [0, 0.05) is 12.4 Å². The summed E-state index contributed by atoms with van der Waals surface area (Å²) in [5, 5.41) is 1.02. The van der Waals surface area contributed by atoms with E-state index in [1.54, 1.807) is 6.20 Å². The second-order valence-corrected chi connectivity index (χ2v) is 6.15. The van der Waals surface area contributed by atoms with E-state index in [-0.39, 0.29) is 8.46 Å². The van der Waals surface area contributed by atoms with Crippen molar-refractivity contribution in [1.29, 1.82) is 0 Å². The van der Waals surface area contributed by atoms with E-state index in [1.807, 2.05) is 18.2 Å². The van der Waals surface area contributed by atoms with E-state index >= 15 is 0 Å². The predicted molar refractivity (Wildman–Crippen MR) is 59.2 cm³/mol. The van der Waals surface area contributed by atoms with Crippen molar-refractivity contribution in [2.24, 2.45) is 0 Å². The minimum atomic E-state index is -0.491. The fourth-order valence-corrected chi connectivity index (χ4v) is 3.93. The molecule has 0 aliphatic carbocycles. The molecule has 1 aromatic heterocycles. The van der Waals surface area contributed by atoms with Gasteiger partial charge in [-0.3, -0.25) is 9.55 Å². The van der Waals surface area contributed by atoms with Crippen LogP contribution in [0.5, 0.6) is 0 Å². The van der Waals surface area contributed by atoms with Gasteiger partial charge in [0.1, 0.15) is 0 Å². The molecule has 0 saturated carbocycles. The highest BCUT2D eigenvalue weighted by atomic mass is 33.1. The molecule has 0 N–H and O–H groups in total. The van der Waals surface area contributed by atoms with Crippen molar-refractivity contribution in [3.05, 3.63) is 24.4 Å². The van der Waals surface area contributed by atoms with Crippen LogP contribution in [0.2, 0.25) is 0 Å².